The van der Waals surface area contributed by atoms with Crippen LogP contribution in [0, 0.1) is 11.3 Å². The van der Waals surface area contributed by atoms with Crippen molar-refractivity contribution in [1.82, 2.24) is 10.2 Å². The molecule has 0 radical (unpaired) electrons. The van der Waals surface area contributed by atoms with Gasteiger partial charge in [0.1, 0.15) is 5.54 Å². The van der Waals surface area contributed by atoms with Gasteiger partial charge in [0, 0.05) is 13.7 Å². The molecule has 2 atom stereocenters. The monoisotopic (exact) mass is 267 g/mol. The molecule has 1 fully saturated rings. The first-order chi connectivity index (χ1) is 9.13. The number of nitrogens with zero attached hydrogens (tertiary/aromatic N) is 2. The summed E-state index contributed by atoms with van der Waals surface area (Å²) in [5.74, 6) is 0. The molecule has 1 saturated heterocycles. The topological polar surface area (TPSA) is 48.3 Å². The Morgan fingerprint density at radius 3 is 2.95 bits per heavy atom. The second-order valence-corrected chi connectivity index (χ2v) is 5.77. The zero-order valence-corrected chi connectivity index (χ0v) is 12.7. The molecule has 110 valence electrons. The van der Waals surface area contributed by atoms with Gasteiger partial charge in [-0.05, 0) is 58.7 Å². The summed E-state index contributed by atoms with van der Waals surface area (Å²) in [6.45, 7) is 8.35. The molecule has 1 rings (SSSR count). The summed E-state index contributed by atoms with van der Waals surface area (Å²) in [6, 6.07) is 2.42. The van der Waals surface area contributed by atoms with Crippen LogP contribution in [-0.4, -0.2) is 49.8 Å². The first-order valence-corrected chi connectivity index (χ1v) is 7.55. The van der Waals surface area contributed by atoms with E-state index in [9.17, 15) is 5.26 Å². The maximum atomic E-state index is 9.28. The fraction of sp³-hybridized carbons (Fsp3) is 0.933. The summed E-state index contributed by atoms with van der Waals surface area (Å²) in [5, 5.41) is 12.6. The first kappa shape index (κ1) is 16.4. The van der Waals surface area contributed by atoms with E-state index >= 15 is 0 Å². The van der Waals surface area contributed by atoms with Crippen molar-refractivity contribution in [2.24, 2.45) is 0 Å². The van der Waals surface area contributed by atoms with Gasteiger partial charge in [0.2, 0.25) is 0 Å². The number of hydrogen-bond donors (Lipinski definition) is 1. The van der Waals surface area contributed by atoms with Crippen molar-refractivity contribution in [2.45, 2.75) is 57.6 Å². The van der Waals surface area contributed by atoms with Crippen molar-refractivity contribution in [3.63, 3.8) is 0 Å². The van der Waals surface area contributed by atoms with Crippen molar-refractivity contribution in [1.29, 1.82) is 5.26 Å². The van der Waals surface area contributed by atoms with Crippen LogP contribution in [0.25, 0.3) is 0 Å². The van der Waals surface area contributed by atoms with E-state index in [1.54, 1.807) is 7.11 Å². The van der Waals surface area contributed by atoms with Crippen molar-refractivity contribution in [3.8, 4) is 6.07 Å². The molecule has 1 N–H and O–H groups in total. The van der Waals surface area contributed by atoms with E-state index in [4.69, 9.17) is 4.74 Å². The molecule has 1 heterocycles. The van der Waals surface area contributed by atoms with Gasteiger partial charge >= 0.3 is 0 Å². The van der Waals surface area contributed by atoms with E-state index in [1.807, 2.05) is 6.92 Å². The quantitative estimate of drug-likeness (QED) is 0.732. The largest absolute Gasteiger partial charge is 0.380 e. The lowest BCUT2D eigenvalue weighted by molar-refractivity contribution is 0.0305. The summed E-state index contributed by atoms with van der Waals surface area (Å²) >= 11 is 0. The molecule has 0 aromatic heterocycles. The second-order valence-electron chi connectivity index (χ2n) is 5.77. The number of rotatable bonds is 8. The van der Waals surface area contributed by atoms with Crippen LogP contribution in [0.3, 0.4) is 0 Å². The van der Waals surface area contributed by atoms with Crippen LogP contribution in [0.1, 0.15) is 46.0 Å². The molecule has 0 spiro atoms. The smallest absolute Gasteiger partial charge is 0.103 e. The predicted molar refractivity (Wildman–Crippen MR) is 78.0 cm³/mol. The van der Waals surface area contributed by atoms with Crippen LogP contribution >= 0.6 is 0 Å². The molecule has 1 aliphatic rings. The Kier molecular flexibility index (Phi) is 7.37. The molecule has 0 aromatic carbocycles. The van der Waals surface area contributed by atoms with Gasteiger partial charge in [-0.2, -0.15) is 5.26 Å². The Bertz CT molecular complexity index is 290. The predicted octanol–water partition coefficient (Wildman–Crippen LogP) is 2.16. The Labute approximate surface area is 118 Å². The van der Waals surface area contributed by atoms with Gasteiger partial charge in [0.15, 0.2) is 0 Å². The number of ether oxygens (including phenoxy) is 1. The molecule has 0 amide bonds. The Balaban J connectivity index is 2.26. The van der Waals surface area contributed by atoms with E-state index in [1.165, 1.54) is 19.4 Å². The fourth-order valence-corrected chi connectivity index (χ4v) is 2.65. The van der Waals surface area contributed by atoms with Crippen molar-refractivity contribution in [2.75, 3.05) is 33.3 Å². The summed E-state index contributed by atoms with van der Waals surface area (Å²) in [6.07, 6.45) is 5.85. The lowest BCUT2D eigenvalue weighted by Gasteiger charge is -2.32. The molecule has 0 bridgehead atoms. The molecular formula is C15H29N3O. The third-order valence-corrected chi connectivity index (χ3v) is 3.96. The highest BCUT2D eigenvalue weighted by Gasteiger charge is 2.24. The molecule has 19 heavy (non-hydrogen) atoms. The van der Waals surface area contributed by atoms with Gasteiger partial charge in [-0.3, -0.25) is 5.32 Å². The molecule has 0 saturated carbocycles. The van der Waals surface area contributed by atoms with E-state index in [2.05, 4.69) is 23.2 Å². The highest BCUT2D eigenvalue weighted by atomic mass is 16.5. The minimum Gasteiger partial charge on any atom is -0.380 e. The number of methoxy groups -OCH3 is 1. The summed E-state index contributed by atoms with van der Waals surface area (Å²) < 4.78 is 5.44. The SMILES string of the molecule is CCCNC(C)(C#N)CCCN1CCCC(OC)C1. The van der Waals surface area contributed by atoms with Crippen LogP contribution in [0.15, 0.2) is 0 Å². The zero-order chi connectivity index (χ0) is 14.1. The first-order valence-electron chi connectivity index (χ1n) is 7.55. The molecule has 0 aromatic rings. The standard InChI is InChI=1S/C15H29N3O/c1-4-9-17-15(2,13-16)8-6-11-18-10-5-7-14(12-18)19-3/h14,17H,4-12H2,1-3H3. The third kappa shape index (κ3) is 5.90. The minimum atomic E-state index is -0.369. The van der Waals surface area contributed by atoms with E-state index in [0.717, 1.165) is 38.9 Å². The molecular weight excluding hydrogens is 238 g/mol. The molecule has 0 aliphatic carbocycles. The number of nitriles is 1. The van der Waals surface area contributed by atoms with Gasteiger partial charge in [0.05, 0.1) is 12.2 Å². The molecule has 4 heteroatoms. The average Bonchev–Trinajstić information content (AvgIpc) is 2.45. The van der Waals surface area contributed by atoms with Gasteiger partial charge in [-0.15, -0.1) is 0 Å². The van der Waals surface area contributed by atoms with Gasteiger partial charge < -0.3 is 9.64 Å². The zero-order valence-electron chi connectivity index (χ0n) is 12.7. The van der Waals surface area contributed by atoms with E-state index in [-0.39, 0.29) is 5.54 Å². The average molecular weight is 267 g/mol. The van der Waals surface area contributed by atoms with Gasteiger partial charge in [-0.1, -0.05) is 6.92 Å². The normalized spacial score (nSPS) is 23.8. The second kappa shape index (κ2) is 8.52. The minimum absolute atomic E-state index is 0.369. The lowest BCUT2D eigenvalue weighted by Crippen LogP contribution is -2.43. The maximum Gasteiger partial charge on any atom is 0.103 e. The third-order valence-electron chi connectivity index (χ3n) is 3.96. The lowest BCUT2D eigenvalue weighted by atomic mass is 9.97. The van der Waals surface area contributed by atoms with Crippen molar-refractivity contribution >= 4 is 0 Å². The van der Waals surface area contributed by atoms with Crippen LogP contribution in [0.2, 0.25) is 0 Å². The van der Waals surface area contributed by atoms with Crippen LogP contribution in [0.4, 0.5) is 0 Å². The van der Waals surface area contributed by atoms with E-state index in [0.29, 0.717) is 6.10 Å². The van der Waals surface area contributed by atoms with Crippen LogP contribution in [0.5, 0.6) is 0 Å². The van der Waals surface area contributed by atoms with E-state index < -0.39 is 0 Å². The summed E-state index contributed by atoms with van der Waals surface area (Å²) in [4.78, 5) is 2.47. The molecule has 4 nitrogen and oxygen atoms in total. The van der Waals surface area contributed by atoms with Gasteiger partial charge in [0.25, 0.3) is 0 Å². The Morgan fingerprint density at radius 1 is 1.53 bits per heavy atom. The highest BCUT2D eigenvalue weighted by Crippen LogP contribution is 2.16. The van der Waals surface area contributed by atoms with Crippen LogP contribution < -0.4 is 5.32 Å². The number of nitrogens with one attached hydrogen (secondary N) is 1. The van der Waals surface area contributed by atoms with Crippen LogP contribution in [-0.2, 0) is 4.74 Å². The molecule has 1 aliphatic heterocycles. The molecule has 2 unspecified atom stereocenters. The number of likely N-dealkylation sites (tertiary alicyclic amines) is 1. The number of piperidine rings is 1. The van der Waals surface area contributed by atoms with Crippen molar-refractivity contribution in [3.05, 3.63) is 0 Å². The summed E-state index contributed by atoms with van der Waals surface area (Å²) in [7, 11) is 1.80. The maximum absolute atomic E-state index is 9.28. The Hall–Kier alpha value is -0.630. The van der Waals surface area contributed by atoms with Crippen molar-refractivity contribution < 1.29 is 4.74 Å². The van der Waals surface area contributed by atoms with Gasteiger partial charge in [-0.25, -0.2) is 0 Å². The highest BCUT2D eigenvalue weighted by molar-refractivity contribution is 5.03. The summed E-state index contributed by atoms with van der Waals surface area (Å²) in [5.41, 5.74) is -0.369. The number of hydrogen-bond acceptors (Lipinski definition) is 4. The fourth-order valence-electron chi connectivity index (χ4n) is 2.65. The Morgan fingerprint density at radius 2 is 2.32 bits per heavy atom.